The maximum Gasteiger partial charge on any atom is 0.0366 e. The highest BCUT2D eigenvalue weighted by molar-refractivity contribution is 5.45. The second-order valence-corrected chi connectivity index (χ2v) is 3.10. The Morgan fingerprint density at radius 1 is 1.15 bits per heavy atom. The summed E-state index contributed by atoms with van der Waals surface area (Å²) in [7, 11) is 2.11. The molecule has 13 heavy (non-hydrogen) atoms. The van der Waals surface area contributed by atoms with Crippen LogP contribution in [0.1, 0.15) is 13.3 Å². The molecule has 0 saturated carbocycles. The summed E-state index contributed by atoms with van der Waals surface area (Å²) in [6, 6.07) is 10.4. The van der Waals surface area contributed by atoms with Crippen LogP contribution in [0.2, 0.25) is 0 Å². The molecule has 1 rings (SSSR count). The van der Waals surface area contributed by atoms with Gasteiger partial charge in [0.25, 0.3) is 0 Å². The summed E-state index contributed by atoms with van der Waals surface area (Å²) in [5.41, 5.74) is 1.27. The highest BCUT2D eigenvalue weighted by Gasteiger charge is 1.94. The lowest BCUT2D eigenvalue weighted by molar-refractivity contribution is 1.02. The van der Waals surface area contributed by atoms with E-state index < -0.39 is 0 Å². The smallest absolute Gasteiger partial charge is 0.0366 e. The summed E-state index contributed by atoms with van der Waals surface area (Å²) in [6.45, 7) is 3.14. The molecule has 1 aromatic carbocycles. The predicted molar refractivity (Wildman–Crippen MR) is 59.1 cm³/mol. The Hall–Kier alpha value is -1.24. The third-order valence-electron chi connectivity index (χ3n) is 1.98. The summed E-state index contributed by atoms with van der Waals surface area (Å²) in [5, 5.41) is 0. The molecular formula is C12H17N. The minimum Gasteiger partial charge on any atom is -0.371 e. The molecule has 0 bridgehead atoms. The van der Waals surface area contributed by atoms with Gasteiger partial charge in [-0.25, -0.2) is 0 Å². The van der Waals surface area contributed by atoms with E-state index in [1.165, 1.54) is 5.69 Å². The van der Waals surface area contributed by atoms with Gasteiger partial charge in [0.05, 0.1) is 0 Å². The predicted octanol–water partition coefficient (Wildman–Crippen LogP) is 3.09. The van der Waals surface area contributed by atoms with Gasteiger partial charge >= 0.3 is 0 Å². The molecule has 0 saturated heterocycles. The fourth-order valence-electron chi connectivity index (χ4n) is 1.19. The topological polar surface area (TPSA) is 3.24 Å². The first-order valence-corrected chi connectivity index (χ1v) is 4.75. The van der Waals surface area contributed by atoms with Gasteiger partial charge in [0.15, 0.2) is 0 Å². The molecule has 0 aromatic heterocycles. The average molecular weight is 175 g/mol. The fourth-order valence-corrected chi connectivity index (χ4v) is 1.19. The van der Waals surface area contributed by atoms with Crippen LogP contribution in [-0.2, 0) is 0 Å². The third-order valence-corrected chi connectivity index (χ3v) is 1.98. The number of hydrogen-bond donors (Lipinski definition) is 0. The van der Waals surface area contributed by atoms with E-state index in [1.807, 2.05) is 6.07 Å². The van der Waals surface area contributed by atoms with Crippen molar-refractivity contribution < 1.29 is 0 Å². The molecule has 0 aliphatic heterocycles. The number of anilines is 1. The van der Waals surface area contributed by atoms with E-state index in [-0.39, 0.29) is 0 Å². The number of hydrogen-bond acceptors (Lipinski definition) is 1. The van der Waals surface area contributed by atoms with Crippen molar-refractivity contribution >= 4 is 5.69 Å². The van der Waals surface area contributed by atoms with Crippen LogP contribution in [0.15, 0.2) is 42.5 Å². The molecule has 0 radical (unpaired) electrons. The Morgan fingerprint density at radius 2 is 1.85 bits per heavy atom. The highest BCUT2D eigenvalue weighted by Crippen LogP contribution is 2.10. The maximum atomic E-state index is 2.23. The van der Waals surface area contributed by atoms with Gasteiger partial charge in [0.1, 0.15) is 0 Å². The monoisotopic (exact) mass is 175 g/mol. The van der Waals surface area contributed by atoms with Gasteiger partial charge in [-0.05, 0) is 18.6 Å². The van der Waals surface area contributed by atoms with E-state index in [4.69, 9.17) is 0 Å². The SMILES string of the molecule is CC/C=C/CN(C)c1ccccc1. The van der Waals surface area contributed by atoms with Crippen molar-refractivity contribution in [3.05, 3.63) is 42.5 Å². The van der Waals surface area contributed by atoms with Crippen molar-refractivity contribution in [2.24, 2.45) is 0 Å². The summed E-state index contributed by atoms with van der Waals surface area (Å²) < 4.78 is 0. The second kappa shape index (κ2) is 5.41. The van der Waals surface area contributed by atoms with Crippen LogP contribution >= 0.6 is 0 Å². The molecule has 0 aliphatic rings. The molecule has 0 unspecified atom stereocenters. The molecular weight excluding hydrogens is 158 g/mol. The minimum absolute atomic E-state index is 0.984. The van der Waals surface area contributed by atoms with E-state index in [0.29, 0.717) is 0 Å². The van der Waals surface area contributed by atoms with E-state index >= 15 is 0 Å². The van der Waals surface area contributed by atoms with Crippen LogP contribution in [0.4, 0.5) is 5.69 Å². The molecule has 1 nitrogen and oxygen atoms in total. The quantitative estimate of drug-likeness (QED) is 0.636. The van der Waals surface area contributed by atoms with Crippen LogP contribution in [-0.4, -0.2) is 13.6 Å². The van der Waals surface area contributed by atoms with E-state index in [9.17, 15) is 0 Å². The Labute approximate surface area is 80.7 Å². The van der Waals surface area contributed by atoms with Gasteiger partial charge in [-0.15, -0.1) is 0 Å². The van der Waals surface area contributed by atoms with Crippen LogP contribution in [0, 0.1) is 0 Å². The molecule has 0 N–H and O–H groups in total. The molecule has 0 fully saturated rings. The first-order chi connectivity index (χ1) is 6.34. The lowest BCUT2D eigenvalue weighted by Gasteiger charge is -2.16. The fraction of sp³-hybridized carbons (Fsp3) is 0.333. The highest BCUT2D eigenvalue weighted by atomic mass is 15.1. The summed E-state index contributed by atoms with van der Waals surface area (Å²) in [6.07, 6.45) is 5.51. The van der Waals surface area contributed by atoms with E-state index in [0.717, 1.165) is 13.0 Å². The van der Waals surface area contributed by atoms with Crippen molar-refractivity contribution in [3.63, 3.8) is 0 Å². The largest absolute Gasteiger partial charge is 0.371 e. The molecule has 70 valence electrons. The lowest BCUT2D eigenvalue weighted by Crippen LogP contribution is -2.16. The molecule has 0 aliphatic carbocycles. The average Bonchev–Trinajstić information content (AvgIpc) is 2.19. The number of allylic oxidation sites excluding steroid dienone is 1. The van der Waals surface area contributed by atoms with Gasteiger partial charge in [-0.3, -0.25) is 0 Å². The standard InChI is InChI=1S/C12H17N/c1-3-4-8-11-13(2)12-9-6-5-7-10-12/h4-10H,3,11H2,1-2H3/b8-4+. The van der Waals surface area contributed by atoms with Crippen LogP contribution < -0.4 is 4.90 Å². The van der Waals surface area contributed by atoms with Gasteiger partial charge in [0, 0.05) is 19.3 Å². The Morgan fingerprint density at radius 3 is 2.46 bits per heavy atom. The zero-order valence-corrected chi connectivity index (χ0v) is 8.40. The van der Waals surface area contributed by atoms with Crippen molar-refractivity contribution in [1.82, 2.24) is 0 Å². The number of rotatable bonds is 4. The van der Waals surface area contributed by atoms with E-state index in [1.54, 1.807) is 0 Å². The van der Waals surface area contributed by atoms with Gasteiger partial charge in [-0.2, -0.15) is 0 Å². The van der Waals surface area contributed by atoms with E-state index in [2.05, 4.69) is 55.3 Å². The third kappa shape index (κ3) is 3.32. The van der Waals surface area contributed by atoms with Gasteiger partial charge in [0.2, 0.25) is 0 Å². The van der Waals surface area contributed by atoms with Gasteiger partial charge in [-0.1, -0.05) is 37.3 Å². The maximum absolute atomic E-state index is 2.23. The molecule has 0 heterocycles. The van der Waals surface area contributed by atoms with Crippen molar-refractivity contribution in [2.45, 2.75) is 13.3 Å². The van der Waals surface area contributed by atoms with Crippen molar-refractivity contribution in [1.29, 1.82) is 0 Å². The zero-order valence-electron chi connectivity index (χ0n) is 8.40. The summed E-state index contributed by atoms with van der Waals surface area (Å²) in [5.74, 6) is 0. The zero-order chi connectivity index (χ0) is 9.52. The number of likely N-dealkylation sites (N-methyl/N-ethyl adjacent to an activating group) is 1. The number of nitrogens with zero attached hydrogens (tertiary/aromatic N) is 1. The Balaban J connectivity index is 2.49. The van der Waals surface area contributed by atoms with Gasteiger partial charge < -0.3 is 4.90 Å². The molecule has 0 spiro atoms. The number of benzene rings is 1. The molecule has 0 amide bonds. The number of para-hydroxylation sites is 1. The lowest BCUT2D eigenvalue weighted by atomic mass is 10.3. The minimum atomic E-state index is 0.984. The molecule has 1 heteroatoms. The second-order valence-electron chi connectivity index (χ2n) is 3.10. The Bertz CT molecular complexity index is 251. The normalized spacial score (nSPS) is 10.6. The summed E-state index contributed by atoms with van der Waals surface area (Å²) in [4.78, 5) is 2.23. The first-order valence-electron chi connectivity index (χ1n) is 4.75. The first kappa shape index (κ1) is 9.85. The van der Waals surface area contributed by atoms with Crippen LogP contribution in [0.5, 0.6) is 0 Å². The summed E-state index contributed by atoms with van der Waals surface area (Å²) >= 11 is 0. The molecule has 0 atom stereocenters. The molecule has 1 aromatic rings. The Kier molecular flexibility index (Phi) is 4.10. The van der Waals surface area contributed by atoms with Crippen molar-refractivity contribution in [3.8, 4) is 0 Å². The van der Waals surface area contributed by atoms with Crippen LogP contribution in [0.3, 0.4) is 0 Å². The van der Waals surface area contributed by atoms with Crippen molar-refractivity contribution in [2.75, 3.05) is 18.5 Å². The van der Waals surface area contributed by atoms with Crippen LogP contribution in [0.25, 0.3) is 0 Å².